The Morgan fingerprint density at radius 3 is 2.70 bits per heavy atom. The standard InChI is InChI=1S/C4H6N4O.W/c1-8-2-6-3(5)7-4(8)9;/h2H,1H3,(H2,5,7,9);/p-1. The minimum absolute atomic E-state index is 0. The van der Waals surface area contributed by atoms with Crippen LogP contribution in [-0.2, 0) is 28.1 Å². The van der Waals surface area contributed by atoms with Gasteiger partial charge in [-0.3, -0.25) is 4.79 Å². The van der Waals surface area contributed by atoms with Crippen LogP contribution in [0.25, 0.3) is 5.73 Å². The summed E-state index contributed by atoms with van der Waals surface area (Å²) in [4.78, 5) is 17.2. The fraction of sp³-hybridized carbons (Fsp3) is 0.250. The summed E-state index contributed by atoms with van der Waals surface area (Å²) < 4.78 is 1.21. The molecular weight excluding hydrogens is 304 g/mol. The molecule has 0 aliphatic heterocycles. The van der Waals surface area contributed by atoms with Crippen molar-refractivity contribution in [3.05, 3.63) is 22.5 Å². The summed E-state index contributed by atoms with van der Waals surface area (Å²) in [6.45, 7) is 0. The van der Waals surface area contributed by atoms with Crippen LogP contribution in [-0.4, -0.2) is 14.5 Å². The van der Waals surface area contributed by atoms with Crippen LogP contribution in [0.1, 0.15) is 0 Å². The van der Waals surface area contributed by atoms with Gasteiger partial charge in [-0.25, -0.2) is 0 Å². The number of nitrogens with one attached hydrogen (secondary N) is 1. The number of hydrogen-bond donors (Lipinski definition) is 0. The average Bonchev–Trinajstić information content (AvgIpc) is 1.80. The smallest absolute Gasteiger partial charge is 0.279 e. The summed E-state index contributed by atoms with van der Waals surface area (Å²) in [5, 5.41) is 0. The SMILES string of the molecule is Cn1cnc([NH-])nc1=O.[W]. The molecule has 1 N–H and O–H groups in total. The predicted molar refractivity (Wildman–Crippen MR) is 31.3 cm³/mol. The molecule has 0 saturated carbocycles. The zero-order chi connectivity index (χ0) is 6.85. The second-order valence-electron chi connectivity index (χ2n) is 1.57. The minimum atomic E-state index is -0.449. The molecule has 0 radical (unpaired) electrons. The molecule has 0 bridgehead atoms. The van der Waals surface area contributed by atoms with E-state index in [1.54, 1.807) is 0 Å². The van der Waals surface area contributed by atoms with Crippen molar-refractivity contribution in [3.8, 4) is 0 Å². The quantitative estimate of drug-likeness (QED) is 0.669. The van der Waals surface area contributed by atoms with Crippen LogP contribution >= 0.6 is 0 Å². The normalized spacial score (nSPS) is 8.50. The Bertz CT molecular complexity index is 270. The van der Waals surface area contributed by atoms with Gasteiger partial charge in [-0.2, -0.15) is 0 Å². The maximum Gasteiger partial charge on any atom is 0.279 e. The van der Waals surface area contributed by atoms with Gasteiger partial charge in [0, 0.05) is 40.4 Å². The van der Waals surface area contributed by atoms with Gasteiger partial charge in [0.25, 0.3) is 5.69 Å². The van der Waals surface area contributed by atoms with Crippen molar-refractivity contribution in [2.75, 3.05) is 0 Å². The van der Waals surface area contributed by atoms with Crippen LogP contribution in [0.5, 0.6) is 0 Å². The Kier molecular flexibility index (Phi) is 3.22. The number of aromatic nitrogens is 3. The molecule has 0 aliphatic carbocycles. The molecule has 0 amide bonds. The zero-order valence-electron chi connectivity index (χ0n) is 5.24. The third-order valence-electron chi connectivity index (χ3n) is 0.856. The van der Waals surface area contributed by atoms with Gasteiger partial charge in [0.15, 0.2) is 0 Å². The molecule has 1 heterocycles. The van der Waals surface area contributed by atoms with Gasteiger partial charge in [0.1, 0.15) is 0 Å². The Labute approximate surface area is 71.6 Å². The van der Waals surface area contributed by atoms with Crippen molar-refractivity contribution >= 4 is 5.95 Å². The summed E-state index contributed by atoms with van der Waals surface area (Å²) in [7, 11) is 1.53. The number of hydrogen-bond acceptors (Lipinski definition) is 3. The minimum Gasteiger partial charge on any atom is -0.410 e. The number of rotatable bonds is 0. The molecular formula is C4H5N4OW-. The van der Waals surface area contributed by atoms with Crippen LogP contribution < -0.4 is 5.69 Å². The topological polar surface area (TPSA) is 71.6 Å². The van der Waals surface area contributed by atoms with E-state index < -0.39 is 5.69 Å². The van der Waals surface area contributed by atoms with E-state index >= 15 is 0 Å². The molecule has 1 aromatic rings. The molecule has 0 spiro atoms. The molecule has 54 valence electrons. The summed E-state index contributed by atoms with van der Waals surface area (Å²) in [5.74, 6) is -0.238. The predicted octanol–water partition coefficient (Wildman–Crippen LogP) is -0.144. The molecule has 10 heavy (non-hydrogen) atoms. The van der Waals surface area contributed by atoms with Crippen molar-refractivity contribution in [3.63, 3.8) is 0 Å². The molecule has 0 aliphatic rings. The third-order valence-corrected chi connectivity index (χ3v) is 0.856. The van der Waals surface area contributed by atoms with Crippen LogP contribution in [0, 0.1) is 0 Å². The summed E-state index contributed by atoms with van der Waals surface area (Å²) in [6.07, 6.45) is 1.26. The van der Waals surface area contributed by atoms with Crippen LogP contribution in [0.3, 0.4) is 0 Å². The first-order chi connectivity index (χ1) is 4.20. The van der Waals surface area contributed by atoms with Gasteiger partial charge < -0.3 is 20.3 Å². The molecule has 0 aromatic carbocycles. The molecule has 1 rings (SSSR count). The van der Waals surface area contributed by atoms with E-state index in [4.69, 9.17) is 5.73 Å². The van der Waals surface area contributed by atoms with Gasteiger partial charge in [-0.15, -0.1) is 0 Å². The fourth-order valence-electron chi connectivity index (χ4n) is 0.389. The van der Waals surface area contributed by atoms with Gasteiger partial charge in [-0.05, 0) is 0 Å². The van der Waals surface area contributed by atoms with E-state index in [1.165, 1.54) is 17.9 Å². The Balaban J connectivity index is 0.000000810. The fourth-order valence-corrected chi connectivity index (χ4v) is 0.389. The third kappa shape index (κ3) is 1.91. The summed E-state index contributed by atoms with van der Waals surface area (Å²) in [6, 6.07) is 0. The van der Waals surface area contributed by atoms with E-state index in [0.29, 0.717) is 0 Å². The number of nitrogens with zero attached hydrogens (tertiary/aromatic N) is 3. The molecule has 0 unspecified atom stereocenters. The molecule has 1 aromatic heterocycles. The molecule has 5 nitrogen and oxygen atoms in total. The van der Waals surface area contributed by atoms with E-state index in [2.05, 4.69) is 9.97 Å². The molecule has 0 saturated heterocycles. The van der Waals surface area contributed by atoms with E-state index in [-0.39, 0.29) is 27.0 Å². The van der Waals surface area contributed by atoms with E-state index in [9.17, 15) is 4.79 Å². The Morgan fingerprint density at radius 2 is 2.30 bits per heavy atom. The van der Waals surface area contributed by atoms with Crippen LogP contribution in [0.15, 0.2) is 11.1 Å². The Morgan fingerprint density at radius 1 is 1.70 bits per heavy atom. The monoisotopic (exact) mass is 309 g/mol. The van der Waals surface area contributed by atoms with Crippen molar-refractivity contribution in [2.24, 2.45) is 7.05 Å². The second kappa shape index (κ2) is 3.46. The van der Waals surface area contributed by atoms with Crippen molar-refractivity contribution < 1.29 is 21.1 Å². The summed E-state index contributed by atoms with van der Waals surface area (Å²) >= 11 is 0. The maximum atomic E-state index is 10.5. The maximum absolute atomic E-state index is 10.5. The van der Waals surface area contributed by atoms with Gasteiger partial charge >= 0.3 is 0 Å². The van der Waals surface area contributed by atoms with E-state index in [0.717, 1.165) is 0 Å². The molecule has 6 heteroatoms. The average molecular weight is 309 g/mol. The van der Waals surface area contributed by atoms with Crippen molar-refractivity contribution in [1.29, 1.82) is 0 Å². The van der Waals surface area contributed by atoms with Crippen molar-refractivity contribution in [1.82, 2.24) is 14.5 Å². The first-order valence-electron chi connectivity index (χ1n) is 2.31. The number of aryl methyl sites for hydroxylation is 1. The second-order valence-corrected chi connectivity index (χ2v) is 1.57. The first-order valence-corrected chi connectivity index (χ1v) is 2.31. The van der Waals surface area contributed by atoms with Crippen molar-refractivity contribution in [2.45, 2.75) is 0 Å². The Hall–Kier alpha value is -0.702. The molecule has 0 atom stereocenters. The molecule has 0 fully saturated rings. The first kappa shape index (κ1) is 9.30. The summed E-state index contributed by atoms with van der Waals surface area (Å²) in [5.41, 5.74) is 6.35. The zero-order valence-corrected chi connectivity index (χ0v) is 8.17. The largest absolute Gasteiger partial charge is 0.410 e. The van der Waals surface area contributed by atoms with Gasteiger partial charge in [0.2, 0.25) is 0 Å². The van der Waals surface area contributed by atoms with Crippen LogP contribution in [0.4, 0.5) is 5.95 Å². The van der Waals surface area contributed by atoms with E-state index in [1.807, 2.05) is 0 Å². The van der Waals surface area contributed by atoms with Gasteiger partial charge in [-0.1, -0.05) is 0 Å². The van der Waals surface area contributed by atoms with Crippen LogP contribution in [0.2, 0.25) is 0 Å². The van der Waals surface area contributed by atoms with Gasteiger partial charge in [0.05, 0.1) is 0 Å².